The average molecular weight is 206 g/mol. The van der Waals surface area contributed by atoms with Crippen molar-refractivity contribution in [2.75, 3.05) is 0 Å². The maximum Gasteiger partial charge on any atom is 0.267 e. The molecule has 0 aliphatic rings. The van der Waals surface area contributed by atoms with Gasteiger partial charge in [-0.2, -0.15) is 0 Å². The Kier molecular flexibility index (Phi) is 2.24. The Bertz CT molecular complexity index is 502. The van der Waals surface area contributed by atoms with Crippen molar-refractivity contribution in [2.45, 2.75) is 0 Å². The Hall–Kier alpha value is -1.75. The van der Waals surface area contributed by atoms with Crippen LogP contribution in [0.3, 0.4) is 0 Å². The molecule has 2 heterocycles. The first-order valence-electron chi connectivity index (χ1n) is 3.89. The lowest BCUT2D eigenvalue weighted by atomic mass is 10.3. The van der Waals surface area contributed by atoms with E-state index in [1.54, 1.807) is 23.8 Å². The molecule has 70 valence electrons. The van der Waals surface area contributed by atoms with Gasteiger partial charge in [-0.05, 0) is 12.1 Å². The third-order valence-electron chi connectivity index (χ3n) is 1.73. The van der Waals surface area contributed by atoms with Crippen molar-refractivity contribution in [1.82, 2.24) is 9.55 Å². The van der Waals surface area contributed by atoms with Crippen LogP contribution in [-0.4, -0.2) is 15.8 Å². The van der Waals surface area contributed by atoms with Crippen LogP contribution in [0, 0.1) is 0 Å². The fourth-order valence-corrected chi connectivity index (χ4v) is 1.71. The van der Waals surface area contributed by atoms with E-state index in [0.29, 0.717) is 11.4 Å². The molecular weight excluding hydrogens is 200 g/mol. The standard InChI is InChI=1S/C9H6N2O2S/c12-6-7-2-1-4-11(8(7)13)9-10-3-5-14-9/h1-6H. The van der Waals surface area contributed by atoms with E-state index in [2.05, 4.69) is 4.98 Å². The Morgan fingerprint density at radius 1 is 1.50 bits per heavy atom. The summed E-state index contributed by atoms with van der Waals surface area (Å²) >= 11 is 1.35. The fourth-order valence-electron chi connectivity index (χ4n) is 1.09. The zero-order valence-electron chi connectivity index (χ0n) is 7.08. The van der Waals surface area contributed by atoms with Crippen molar-refractivity contribution < 1.29 is 4.79 Å². The van der Waals surface area contributed by atoms with Crippen LogP contribution >= 0.6 is 11.3 Å². The summed E-state index contributed by atoms with van der Waals surface area (Å²) in [5.74, 6) is 0. The molecule has 0 aliphatic heterocycles. The largest absolute Gasteiger partial charge is 0.298 e. The molecule has 5 heteroatoms. The number of thiazole rings is 1. The minimum Gasteiger partial charge on any atom is -0.298 e. The van der Waals surface area contributed by atoms with Gasteiger partial charge in [0.2, 0.25) is 0 Å². The predicted molar refractivity (Wildman–Crippen MR) is 53.1 cm³/mol. The van der Waals surface area contributed by atoms with Gasteiger partial charge in [0.1, 0.15) is 0 Å². The lowest BCUT2D eigenvalue weighted by Crippen LogP contribution is -2.20. The fraction of sp³-hybridized carbons (Fsp3) is 0. The van der Waals surface area contributed by atoms with Crippen molar-refractivity contribution in [3.8, 4) is 5.13 Å². The van der Waals surface area contributed by atoms with Gasteiger partial charge in [0.05, 0.1) is 5.56 Å². The van der Waals surface area contributed by atoms with Crippen molar-refractivity contribution >= 4 is 17.6 Å². The monoisotopic (exact) mass is 206 g/mol. The lowest BCUT2D eigenvalue weighted by Gasteiger charge is -1.99. The van der Waals surface area contributed by atoms with E-state index in [9.17, 15) is 9.59 Å². The molecule has 0 fully saturated rings. The summed E-state index contributed by atoms with van der Waals surface area (Å²) in [7, 11) is 0. The van der Waals surface area contributed by atoms with Gasteiger partial charge in [0.15, 0.2) is 11.4 Å². The molecule has 4 nitrogen and oxygen atoms in total. The van der Waals surface area contributed by atoms with E-state index in [1.807, 2.05) is 0 Å². The SMILES string of the molecule is O=Cc1cccn(-c2nccs2)c1=O. The Morgan fingerprint density at radius 3 is 3.00 bits per heavy atom. The molecule has 0 aromatic carbocycles. The second kappa shape index (κ2) is 3.55. The number of carbonyl (C=O) groups is 1. The quantitative estimate of drug-likeness (QED) is 0.691. The van der Waals surface area contributed by atoms with E-state index < -0.39 is 0 Å². The minimum atomic E-state index is -0.336. The van der Waals surface area contributed by atoms with E-state index in [4.69, 9.17) is 0 Å². The number of rotatable bonds is 2. The normalized spacial score (nSPS) is 10.0. The van der Waals surface area contributed by atoms with Gasteiger partial charge in [-0.3, -0.25) is 14.2 Å². The molecule has 0 spiro atoms. The van der Waals surface area contributed by atoms with Crippen molar-refractivity contribution in [1.29, 1.82) is 0 Å². The van der Waals surface area contributed by atoms with Crippen LogP contribution in [0.15, 0.2) is 34.7 Å². The molecule has 0 radical (unpaired) electrons. The highest BCUT2D eigenvalue weighted by atomic mass is 32.1. The number of aromatic nitrogens is 2. The van der Waals surface area contributed by atoms with Gasteiger partial charge in [-0.1, -0.05) is 0 Å². The third kappa shape index (κ3) is 1.38. The molecule has 0 N–H and O–H groups in total. The van der Waals surface area contributed by atoms with Crippen LogP contribution in [0.25, 0.3) is 5.13 Å². The van der Waals surface area contributed by atoms with Crippen molar-refractivity contribution in [3.05, 3.63) is 45.8 Å². The zero-order valence-corrected chi connectivity index (χ0v) is 7.90. The number of hydrogen-bond acceptors (Lipinski definition) is 4. The molecule has 0 bridgehead atoms. The van der Waals surface area contributed by atoms with Crippen LogP contribution in [0.2, 0.25) is 0 Å². The maximum absolute atomic E-state index is 11.6. The van der Waals surface area contributed by atoms with Gasteiger partial charge in [0.25, 0.3) is 5.56 Å². The molecule has 2 rings (SSSR count). The molecular formula is C9H6N2O2S. The van der Waals surface area contributed by atoms with Crippen LogP contribution in [0.4, 0.5) is 0 Å². The molecule has 2 aromatic rings. The molecule has 0 amide bonds. The lowest BCUT2D eigenvalue weighted by molar-refractivity contribution is 0.112. The second-order valence-electron chi connectivity index (χ2n) is 2.57. The molecule has 0 aliphatic carbocycles. The smallest absolute Gasteiger partial charge is 0.267 e. The zero-order chi connectivity index (χ0) is 9.97. The highest BCUT2D eigenvalue weighted by Crippen LogP contribution is 2.07. The van der Waals surface area contributed by atoms with Gasteiger partial charge in [0, 0.05) is 17.8 Å². The van der Waals surface area contributed by atoms with Crippen molar-refractivity contribution in [2.24, 2.45) is 0 Å². The minimum absolute atomic E-state index is 0.141. The summed E-state index contributed by atoms with van der Waals surface area (Å²) in [4.78, 5) is 26.1. The second-order valence-corrected chi connectivity index (χ2v) is 3.44. The number of hydrogen-bond donors (Lipinski definition) is 0. The van der Waals surface area contributed by atoms with Gasteiger partial charge in [-0.15, -0.1) is 11.3 Å². The number of pyridine rings is 1. The molecule has 0 unspecified atom stereocenters. The van der Waals surface area contributed by atoms with Crippen LogP contribution < -0.4 is 5.56 Å². The van der Waals surface area contributed by atoms with E-state index in [-0.39, 0.29) is 11.1 Å². The Labute approximate surface area is 83.5 Å². The molecule has 0 saturated heterocycles. The predicted octanol–water partition coefficient (Wildman–Crippen LogP) is 1.11. The number of nitrogens with zero attached hydrogens (tertiary/aromatic N) is 2. The number of carbonyl (C=O) groups excluding carboxylic acids is 1. The molecule has 14 heavy (non-hydrogen) atoms. The maximum atomic E-state index is 11.6. The van der Waals surface area contributed by atoms with Gasteiger partial charge in [-0.25, -0.2) is 4.98 Å². The van der Waals surface area contributed by atoms with Gasteiger partial charge >= 0.3 is 0 Å². The molecule has 0 atom stereocenters. The molecule has 2 aromatic heterocycles. The Balaban J connectivity index is 2.66. The summed E-state index contributed by atoms with van der Waals surface area (Å²) in [6.07, 6.45) is 3.75. The van der Waals surface area contributed by atoms with Gasteiger partial charge < -0.3 is 0 Å². The van der Waals surface area contributed by atoms with E-state index >= 15 is 0 Å². The van der Waals surface area contributed by atoms with Crippen molar-refractivity contribution in [3.63, 3.8) is 0 Å². The molecule has 0 saturated carbocycles. The summed E-state index contributed by atoms with van der Waals surface area (Å²) < 4.78 is 1.36. The first kappa shape index (κ1) is 8.83. The van der Waals surface area contributed by atoms with Crippen LogP contribution in [0.5, 0.6) is 0 Å². The van der Waals surface area contributed by atoms with Crippen LogP contribution in [0.1, 0.15) is 10.4 Å². The third-order valence-corrected chi connectivity index (χ3v) is 2.50. The summed E-state index contributed by atoms with van der Waals surface area (Å²) in [5, 5.41) is 2.34. The summed E-state index contributed by atoms with van der Waals surface area (Å²) in [6.45, 7) is 0. The summed E-state index contributed by atoms with van der Waals surface area (Å²) in [6, 6.07) is 3.13. The highest BCUT2D eigenvalue weighted by Gasteiger charge is 2.04. The topological polar surface area (TPSA) is 52.0 Å². The Morgan fingerprint density at radius 2 is 2.36 bits per heavy atom. The first-order valence-corrected chi connectivity index (χ1v) is 4.77. The summed E-state index contributed by atoms with van der Waals surface area (Å²) in [5.41, 5.74) is -0.194. The number of aldehydes is 1. The first-order chi connectivity index (χ1) is 6.83. The van der Waals surface area contributed by atoms with Crippen LogP contribution in [-0.2, 0) is 0 Å². The average Bonchev–Trinajstić information content (AvgIpc) is 2.71. The highest BCUT2D eigenvalue weighted by molar-refractivity contribution is 7.12. The van der Waals surface area contributed by atoms with E-state index in [1.165, 1.54) is 22.0 Å². The van der Waals surface area contributed by atoms with E-state index in [0.717, 1.165) is 0 Å².